The molecule has 0 saturated heterocycles. The topological polar surface area (TPSA) is 115 Å². The van der Waals surface area contributed by atoms with Crippen molar-refractivity contribution in [3.63, 3.8) is 0 Å². The quantitative estimate of drug-likeness (QED) is 0.334. The van der Waals surface area contributed by atoms with E-state index in [0.717, 1.165) is 44.8 Å². The molecule has 3 heterocycles. The Morgan fingerprint density at radius 1 is 1.00 bits per heavy atom. The van der Waals surface area contributed by atoms with Gasteiger partial charge >= 0.3 is 0 Å². The fourth-order valence-electron chi connectivity index (χ4n) is 4.06. The van der Waals surface area contributed by atoms with Gasteiger partial charge in [-0.3, -0.25) is 4.79 Å². The third-order valence-corrected chi connectivity index (χ3v) is 5.75. The van der Waals surface area contributed by atoms with Crippen LogP contribution in [0.2, 0.25) is 0 Å². The van der Waals surface area contributed by atoms with Gasteiger partial charge in [0.05, 0.1) is 11.1 Å². The number of nitrogens with two attached hydrogens (primary N) is 1. The molecule has 168 valence electrons. The lowest BCUT2D eigenvalue weighted by Gasteiger charge is -2.11. The van der Waals surface area contributed by atoms with Crippen molar-refractivity contribution >= 4 is 28.4 Å². The molecule has 0 aliphatic rings. The number of aromatic amines is 1. The number of carbonyl (C=O) groups is 1. The van der Waals surface area contributed by atoms with Crippen molar-refractivity contribution in [3.05, 3.63) is 79.4 Å². The first kappa shape index (κ1) is 21.1. The van der Waals surface area contributed by atoms with Gasteiger partial charge in [-0.15, -0.1) is 0 Å². The molecule has 5 aromatic rings. The molecule has 8 nitrogen and oxygen atoms in total. The largest absolute Gasteiger partial charge is 0.383 e. The molecular weight excluding hydrogens is 426 g/mol. The van der Waals surface area contributed by atoms with Gasteiger partial charge in [-0.25, -0.2) is 15.0 Å². The molecule has 0 unspecified atom stereocenters. The highest BCUT2D eigenvalue weighted by Crippen LogP contribution is 2.42. The Balaban J connectivity index is 1.65. The van der Waals surface area contributed by atoms with Gasteiger partial charge in [0.15, 0.2) is 0 Å². The first-order valence-electron chi connectivity index (χ1n) is 10.7. The second kappa shape index (κ2) is 8.32. The molecule has 5 rings (SSSR count). The van der Waals surface area contributed by atoms with Gasteiger partial charge in [-0.1, -0.05) is 43.0 Å². The minimum Gasteiger partial charge on any atom is -0.383 e. The number of rotatable bonds is 5. The molecule has 3 aromatic heterocycles. The van der Waals surface area contributed by atoms with Crippen LogP contribution in [0.5, 0.6) is 0 Å². The molecule has 0 fully saturated rings. The van der Waals surface area contributed by atoms with Gasteiger partial charge in [0.2, 0.25) is 0 Å². The summed E-state index contributed by atoms with van der Waals surface area (Å²) in [6.07, 6.45) is 5.00. The van der Waals surface area contributed by atoms with Crippen LogP contribution in [0, 0.1) is 0 Å². The van der Waals surface area contributed by atoms with Crippen molar-refractivity contribution in [2.75, 3.05) is 11.1 Å². The molecule has 8 heteroatoms. The van der Waals surface area contributed by atoms with Gasteiger partial charge in [0, 0.05) is 41.8 Å². The standard InChI is InChI=1S/C26H23N7O/c1-15(2)26(34)32-19-10-8-17(9-11-19)22-20(21-23(27)30-14-31-25(21)33(22)3)16-4-6-18(7-5-16)24-28-12-13-29-24/h4-14H,1H2,2-3H3,(H,28,29)(H,32,34)(H2,27,30,31). The predicted molar refractivity (Wildman–Crippen MR) is 135 cm³/mol. The molecule has 34 heavy (non-hydrogen) atoms. The third-order valence-electron chi connectivity index (χ3n) is 5.75. The maximum atomic E-state index is 12.0. The monoisotopic (exact) mass is 449 g/mol. The van der Waals surface area contributed by atoms with E-state index in [0.29, 0.717) is 17.1 Å². The summed E-state index contributed by atoms with van der Waals surface area (Å²) in [7, 11) is 1.96. The van der Waals surface area contributed by atoms with Crippen LogP contribution in [0.15, 0.2) is 79.4 Å². The molecule has 0 radical (unpaired) electrons. The van der Waals surface area contributed by atoms with E-state index < -0.39 is 0 Å². The average molecular weight is 450 g/mol. The normalized spacial score (nSPS) is 11.0. The number of aromatic nitrogens is 5. The van der Waals surface area contributed by atoms with Crippen molar-refractivity contribution < 1.29 is 4.79 Å². The lowest BCUT2D eigenvalue weighted by atomic mass is 9.97. The number of nitrogens with one attached hydrogen (secondary N) is 2. The zero-order valence-corrected chi connectivity index (χ0v) is 18.8. The van der Waals surface area contributed by atoms with E-state index >= 15 is 0 Å². The molecule has 0 saturated carbocycles. The Hall–Kier alpha value is -4.72. The zero-order valence-electron chi connectivity index (χ0n) is 18.8. The summed E-state index contributed by atoms with van der Waals surface area (Å²) in [5.74, 6) is 1.01. The van der Waals surface area contributed by atoms with Crippen LogP contribution in [0.3, 0.4) is 0 Å². The van der Waals surface area contributed by atoms with Gasteiger partial charge in [0.1, 0.15) is 23.6 Å². The first-order valence-corrected chi connectivity index (χ1v) is 10.7. The molecule has 0 aliphatic carbocycles. The number of H-pyrrole nitrogens is 1. The highest BCUT2D eigenvalue weighted by Gasteiger charge is 2.22. The van der Waals surface area contributed by atoms with Crippen LogP contribution in [-0.2, 0) is 11.8 Å². The SMILES string of the molecule is C=C(C)C(=O)Nc1ccc(-c2c(-c3ccc(-c4ncc[nH]4)cc3)c3c(N)ncnc3n2C)cc1. The number of hydrogen-bond donors (Lipinski definition) is 3. The maximum Gasteiger partial charge on any atom is 0.250 e. The Morgan fingerprint density at radius 2 is 1.68 bits per heavy atom. The third kappa shape index (κ3) is 3.61. The number of fused-ring (bicyclic) bond motifs is 1. The van der Waals surface area contributed by atoms with E-state index in [-0.39, 0.29) is 5.91 Å². The lowest BCUT2D eigenvalue weighted by molar-refractivity contribution is -0.112. The number of nitrogen functional groups attached to an aromatic ring is 1. The van der Waals surface area contributed by atoms with Crippen molar-refractivity contribution in [3.8, 4) is 33.8 Å². The minimum atomic E-state index is -0.210. The molecular formula is C26H23N7O. The Bertz CT molecular complexity index is 1510. The Kier molecular flexibility index (Phi) is 5.18. The number of nitrogens with zero attached hydrogens (tertiary/aromatic N) is 4. The first-order chi connectivity index (χ1) is 16.4. The number of hydrogen-bond acceptors (Lipinski definition) is 5. The fraction of sp³-hybridized carbons (Fsp3) is 0.0769. The Morgan fingerprint density at radius 3 is 2.32 bits per heavy atom. The lowest BCUT2D eigenvalue weighted by Crippen LogP contribution is -2.11. The molecule has 1 amide bonds. The van der Waals surface area contributed by atoms with Crippen molar-refractivity contribution in [1.82, 2.24) is 24.5 Å². The van der Waals surface area contributed by atoms with Crippen LogP contribution >= 0.6 is 0 Å². The van der Waals surface area contributed by atoms with Crippen LogP contribution in [-0.4, -0.2) is 30.4 Å². The van der Waals surface area contributed by atoms with E-state index in [4.69, 9.17) is 5.73 Å². The van der Waals surface area contributed by atoms with Crippen LogP contribution in [0.1, 0.15) is 6.92 Å². The maximum absolute atomic E-state index is 12.0. The molecule has 0 spiro atoms. The summed E-state index contributed by atoms with van der Waals surface area (Å²) in [6, 6.07) is 15.8. The van der Waals surface area contributed by atoms with Gasteiger partial charge < -0.3 is 20.6 Å². The summed E-state index contributed by atoms with van der Waals surface area (Å²) < 4.78 is 2.02. The van der Waals surface area contributed by atoms with Crippen molar-refractivity contribution in [2.45, 2.75) is 6.92 Å². The highest BCUT2D eigenvalue weighted by atomic mass is 16.1. The molecule has 0 atom stereocenters. The van der Waals surface area contributed by atoms with E-state index in [1.165, 1.54) is 6.33 Å². The molecule has 0 aliphatic heterocycles. The van der Waals surface area contributed by atoms with E-state index in [1.807, 2.05) is 60.1 Å². The molecule has 2 aromatic carbocycles. The van der Waals surface area contributed by atoms with E-state index in [9.17, 15) is 4.79 Å². The van der Waals surface area contributed by atoms with Crippen LogP contribution < -0.4 is 11.1 Å². The summed E-state index contributed by atoms with van der Waals surface area (Å²) in [6.45, 7) is 5.36. The molecule has 0 bridgehead atoms. The highest BCUT2D eigenvalue weighted by molar-refractivity contribution is 6.08. The number of benzene rings is 2. The second-order valence-corrected chi connectivity index (χ2v) is 8.07. The van der Waals surface area contributed by atoms with Crippen LogP contribution in [0.4, 0.5) is 11.5 Å². The average Bonchev–Trinajstić information content (AvgIpc) is 3.47. The van der Waals surface area contributed by atoms with Crippen molar-refractivity contribution in [1.29, 1.82) is 0 Å². The molecule has 4 N–H and O–H groups in total. The zero-order chi connectivity index (χ0) is 23.8. The summed E-state index contributed by atoms with van der Waals surface area (Å²) >= 11 is 0. The predicted octanol–water partition coefficient (Wildman–Crippen LogP) is 4.79. The van der Waals surface area contributed by atoms with Crippen LogP contribution in [0.25, 0.3) is 44.8 Å². The van der Waals surface area contributed by atoms with E-state index in [1.54, 1.807) is 19.3 Å². The summed E-state index contributed by atoms with van der Waals surface area (Å²) in [5, 5.41) is 3.64. The smallest absolute Gasteiger partial charge is 0.250 e. The fourth-order valence-corrected chi connectivity index (χ4v) is 4.06. The van der Waals surface area contributed by atoms with Gasteiger partial charge in [-0.05, 0) is 30.2 Å². The summed E-state index contributed by atoms with van der Waals surface area (Å²) in [4.78, 5) is 28.2. The number of amides is 1. The van der Waals surface area contributed by atoms with E-state index in [2.05, 4.69) is 31.8 Å². The Labute approximate surface area is 196 Å². The second-order valence-electron chi connectivity index (χ2n) is 8.07. The number of anilines is 2. The number of aryl methyl sites for hydroxylation is 1. The van der Waals surface area contributed by atoms with Gasteiger partial charge in [0.25, 0.3) is 5.91 Å². The number of imidazole rings is 1. The minimum absolute atomic E-state index is 0.210. The number of carbonyl (C=O) groups excluding carboxylic acids is 1. The van der Waals surface area contributed by atoms with Crippen molar-refractivity contribution in [2.24, 2.45) is 7.05 Å². The summed E-state index contributed by atoms with van der Waals surface area (Å²) in [5.41, 5.74) is 13.0. The van der Waals surface area contributed by atoms with Gasteiger partial charge in [-0.2, -0.15) is 0 Å².